The SMILES string of the molecule is COc1ccc2c(c1)c(CN1CCC(C(=O)N3CCC4(CC3)OCCO4)CC1)cn2C. The molecular formula is C24H33N3O4. The molecule has 1 aromatic carbocycles. The fourth-order valence-electron chi connectivity index (χ4n) is 5.40. The number of aryl methyl sites for hydroxylation is 1. The van der Waals surface area contributed by atoms with Gasteiger partial charge < -0.3 is 23.7 Å². The maximum absolute atomic E-state index is 13.1. The second-order valence-corrected chi connectivity index (χ2v) is 9.13. The van der Waals surface area contributed by atoms with Gasteiger partial charge in [0.25, 0.3) is 0 Å². The fourth-order valence-corrected chi connectivity index (χ4v) is 5.40. The van der Waals surface area contributed by atoms with Crippen LogP contribution in [-0.4, -0.2) is 72.6 Å². The van der Waals surface area contributed by atoms with Crippen LogP contribution in [0.25, 0.3) is 10.9 Å². The third-order valence-electron chi connectivity index (χ3n) is 7.26. The van der Waals surface area contributed by atoms with Crippen molar-refractivity contribution in [1.29, 1.82) is 0 Å². The van der Waals surface area contributed by atoms with E-state index in [1.807, 2.05) is 11.0 Å². The predicted molar refractivity (Wildman–Crippen MR) is 118 cm³/mol. The second-order valence-electron chi connectivity index (χ2n) is 9.13. The maximum Gasteiger partial charge on any atom is 0.225 e. The number of benzene rings is 1. The highest BCUT2D eigenvalue weighted by atomic mass is 16.7. The molecule has 2 aromatic rings. The van der Waals surface area contributed by atoms with Crippen molar-refractivity contribution in [3.8, 4) is 5.75 Å². The van der Waals surface area contributed by atoms with Gasteiger partial charge in [0.15, 0.2) is 5.79 Å². The highest BCUT2D eigenvalue weighted by molar-refractivity contribution is 5.85. The fraction of sp³-hybridized carbons (Fsp3) is 0.625. The molecule has 1 spiro atoms. The van der Waals surface area contributed by atoms with Gasteiger partial charge in [-0.15, -0.1) is 0 Å². The number of carbonyl (C=O) groups is 1. The van der Waals surface area contributed by atoms with E-state index in [-0.39, 0.29) is 5.92 Å². The first kappa shape index (κ1) is 20.8. The number of piperidine rings is 2. The Labute approximate surface area is 183 Å². The minimum atomic E-state index is -0.415. The van der Waals surface area contributed by atoms with Gasteiger partial charge >= 0.3 is 0 Å². The number of aromatic nitrogens is 1. The van der Waals surface area contributed by atoms with Crippen LogP contribution in [0, 0.1) is 5.92 Å². The number of methoxy groups -OCH3 is 1. The monoisotopic (exact) mass is 427 g/mol. The van der Waals surface area contributed by atoms with Crippen molar-refractivity contribution in [2.75, 3.05) is 46.5 Å². The van der Waals surface area contributed by atoms with Crippen molar-refractivity contribution in [3.05, 3.63) is 30.0 Å². The van der Waals surface area contributed by atoms with Gasteiger partial charge in [0.05, 0.1) is 20.3 Å². The molecule has 1 amide bonds. The van der Waals surface area contributed by atoms with E-state index < -0.39 is 5.79 Å². The third kappa shape index (κ3) is 4.06. The molecule has 5 rings (SSSR count). The molecule has 7 nitrogen and oxygen atoms in total. The van der Waals surface area contributed by atoms with Gasteiger partial charge in [-0.2, -0.15) is 0 Å². The standard InChI is InChI=1S/C24H33N3O4/c1-25-16-19(21-15-20(29-2)3-4-22(21)25)17-26-9-5-18(6-10-26)23(28)27-11-7-24(8-12-27)30-13-14-31-24/h3-4,15-16,18H,5-14,17H2,1-2H3. The molecule has 3 saturated heterocycles. The van der Waals surface area contributed by atoms with Crippen molar-refractivity contribution in [2.24, 2.45) is 13.0 Å². The van der Waals surface area contributed by atoms with Gasteiger partial charge in [-0.05, 0) is 49.7 Å². The normalized spacial score (nSPS) is 22.5. The molecule has 7 heteroatoms. The van der Waals surface area contributed by atoms with E-state index in [4.69, 9.17) is 14.2 Å². The van der Waals surface area contributed by atoms with Crippen LogP contribution in [0.4, 0.5) is 0 Å². The Morgan fingerprint density at radius 2 is 1.84 bits per heavy atom. The van der Waals surface area contributed by atoms with Gasteiger partial charge in [0.1, 0.15) is 5.75 Å². The number of carbonyl (C=O) groups excluding carboxylic acids is 1. The molecule has 1 aromatic heterocycles. The van der Waals surface area contributed by atoms with Crippen molar-refractivity contribution in [2.45, 2.75) is 38.0 Å². The van der Waals surface area contributed by atoms with Crippen LogP contribution in [0.15, 0.2) is 24.4 Å². The molecule has 3 aliphatic rings. The van der Waals surface area contributed by atoms with Crippen LogP contribution in [0.1, 0.15) is 31.2 Å². The zero-order valence-corrected chi connectivity index (χ0v) is 18.6. The van der Waals surface area contributed by atoms with Crippen LogP contribution in [0.2, 0.25) is 0 Å². The summed E-state index contributed by atoms with van der Waals surface area (Å²) < 4.78 is 19.2. The lowest BCUT2D eigenvalue weighted by atomic mass is 9.93. The van der Waals surface area contributed by atoms with Crippen molar-refractivity contribution in [3.63, 3.8) is 0 Å². The molecular weight excluding hydrogens is 394 g/mol. The molecule has 0 radical (unpaired) electrons. The molecule has 0 atom stereocenters. The van der Waals surface area contributed by atoms with Crippen LogP contribution >= 0.6 is 0 Å². The van der Waals surface area contributed by atoms with Gasteiger partial charge in [-0.25, -0.2) is 0 Å². The Morgan fingerprint density at radius 3 is 2.52 bits per heavy atom. The Bertz CT molecular complexity index is 932. The van der Waals surface area contributed by atoms with E-state index in [2.05, 4.69) is 34.8 Å². The van der Waals surface area contributed by atoms with Crippen molar-refractivity contribution in [1.82, 2.24) is 14.4 Å². The highest BCUT2D eigenvalue weighted by Crippen LogP contribution is 2.33. The molecule has 0 saturated carbocycles. The van der Waals surface area contributed by atoms with Gasteiger partial charge in [0.2, 0.25) is 5.91 Å². The quantitative estimate of drug-likeness (QED) is 0.751. The molecule has 3 fully saturated rings. The highest BCUT2D eigenvalue weighted by Gasteiger charge is 2.41. The lowest BCUT2D eigenvalue weighted by molar-refractivity contribution is -0.188. The van der Waals surface area contributed by atoms with Crippen LogP contribution in [0.3, 0.4) is 0 Å². The third-order valence-corrected chi connectivity index (χ3v) is 7.26. The average molecular weight is 428 g/mol. The summed E-state index contributed by atoms with van der Waals surface area (Å²) in [7, 11) is 3.80. The van der Waals surface area contributed by atoms with E-state index in [0.717, 1.165) is 64.2 Å². The van der Waals surface area contributed by atoms with Crippen LogP contribution in [-0.2, 0) is 27.9 Å². The van der Waals surface area contributed by atoms with E-state index in [1.54, 1.807) is 7.11 Å². The number of likely N-dealkylation sites (tertiary alicyclic amines) is 2. The Kier molecular flexibility index (Phi) is 5.67. The smallest absolute Gasteiger partial charge is 0.225 e. The average Bonchev–Trinajstić information content (AvgIpc) is 3.38. The number of hydrogen-bond donors (Lipinski definition) is 0. The van der Waals surface area contributed by atoms with E-state index >= 15 is 0 Å². The maximum atomic E-state index is 13.1. The molecule has 0 aliphatic carbocycles. The summed E-state index contributed by atoms with van der Waals surface area (Å²) in [5.74, 6) is 0.938. The van der Waals surface area contributed by atoms with Crippen molar-refractivity contribution >= 4 is 16.8 Å². The summed E-state index contributed by atoms with van der Waals surface area (Å²) in [5, 5.41) is 1.25. The summed E-state index contributed by atoms with van der Waals surface area (Å²) in [4.78, 5) is 17.6. The minimum absolute atomic E-state index is 0.142. The number of fused-ring (bicyclic) bond motifs is 1. The summed E-state index contributed by atoms with van der Waals surface area (Å²) in [6.45, 7) is 5.67. The van der Waals surface area contributed by atoms with Crippen LogP contribution < -0.4 is 4.74 Å². The first-order valence-electron chi connectivity index (χ1n) is 11.5. The zero-order valence-electron chi connectivity index (χ0n) is 18.6. The Balaban J connectivity index is 1.17. The lowest BCUT2D eigenvalue weighted by Crippen LogP contribution is -2.50. The van der Waals surface area contributed by atoms with E-state index in [1.165, 1.54) is 16.5 Å². The largest absolute Gasteiger partial charge is 0.497 e. The molecule has 3 aliphatic heterocycles. The summed E-state index contributed by atoms with van der Waals surface area (Å²) in [6, 6.07) is 6.26. The van der Waals surface area contributed by atoms with Crippen molar-refractivity contribution < 1.29 is 19.0 Å². The summed E-state index contributed by atoms with van der Waals surface area (Å²) in [5.41, 5.74) is 2.54. The number of ether oxygens (including phenoxy) is 3. The first-order chi connectivity index (χ1) is 15.1. The predicted octanol–water partition coefficient (Wildman–Crippen LogP) is 2.76. The Hall–Kier alpha value is -2.09. The lowest BCUT2D eigenvalue weighted by Gasteiger charge is -2.40. The van der Waals surface area contributed by atoms with Gasteiger partial charge in [-0.1, -0.05) is 0 Å². The zero-order chi connectivity index (χ0) is 21.4. The topological polar surface area (TPSA) is 56.2 Å². The first-order valence-corrected chi connectivity index (χ1v) is 11.5. The molecule has 0 bridgehead atoms. The van der Waals surface area contributed by atoms with E-state index in [9.17, 15) is 4.79 Å². The molecule has 4 heterocycles. The molecule has 0 unspecified atom stereocenters. The summed E-state index contributed by atoms with van der Waals surface area (Å²) in [6.07, 6.45) is 5.67. The number of hydrogen-bond acceptors (Lipinski definition) is 5. The molecule has 168 valence electrons. The van der Waals surface area contributed by atoms with Crippen LogP contribution in [0.5, 0.6) is 5.75 Å². The van der Waals surface area contributed by atoms with Gasteiger partial charge in [-0.3, -0.25) is 9.69 Å². The number of rotatable bonds is 4. The molecule has 0 N–H and O–H groups in total. The Morgan fingerprint density at radius 1 is 1.13 bits per heavy atom. The minimum Gasteiger partial charge on any atom is -0.497 e. The second kappa shape index (κ2) is 8.45. The summed E-state index contributed by atoms with van der Waals surface area (Å²) >= 11 is 0. The number of nitrogens with zero attached hydrogens (tertiary/aromatic N) is 3. The number of amides is 1. The molecule has 31 heavy (non-hydrogen) atoms. The van der Waals surface area contributed by atoms with E-state index in [0.29, 0.717) is 19.1 Å². The van der Waals surface area contributed by atoms with Gasteiger partial charge in [0, 0.05) is 62.5 Å².